The van der Waals surface area contributed by atoms with Crippen molar-refractivity contribution in [2.45, 2.75) is 44.1 Å². The molecule has 98 valence electrons. The highest BCUT2D eigenvalue weighted by atomic mass is 16.5. The average molecular weight is 246 g/mol. The lowest BCUT2D eigenvalue weighted by atomic mass is 9.78. The van der Waals surface area contributed by atoms with E-state index in [9.17, 15) is 5.11 Å². The van der Waals surface area contributed by atoms with Gasteiger partial charge in [0.05, 0.1) is 12.7 Å². The summed E-state index contributed by atoms with van der Waals surface area (Å²) < 4.78 is 5.38. The van der Waals surface area contributed by atoms with Gasteiger partial charge < -0.3 is 9.84 Å². The summed E-state index contributed by atoms with van der Waals surface area (Å²) in [5, 5.41) is 10.3. The van der Waals surface area contributed by atoms with Gasteiger partial charge in [-0.2, -0.15) is 0 Å². The van der Waals surface area contributed by atoms with Gasteiger partial charge in [0.25, 0.3) is 0 Å². The van der Waals surface area contributed by atoms with Crippen molar-refractivity contribution in [1.29, 1.82) is 0 Å². The minimum Gasteiger partial charge on any atom is -0.393 e. The van der Waals surface area contributed by atoms with Crippen LogP contribution < -0.4 is 0 Å². The SMILES string of the molecule is OC(CC1CCCc2ccccc21)C1CCOC1. The quantitative estimate of drug-likeness (QED) is 0.888. The smallest absolute Gasteiger partial charge is 0.0597 e. The van der Waals surface area contributed by atoms with Crippen LogP contribution in [0.1, 0.15) is 42.7 Å². The minimum atomic E-state index is -0.191. The first-order valence-corrected chi connectivity index (χ1v) is 7.18. The van der Waals surface area contributed by atoms with Crippen LogP contribution in [0.4, 0.5) is 0 Å². The molecule has 2 heteroatoms. The fraction of sp³-hybridized carbons (Fsp3) is 0.625. The Morgan fingerprint density at radius 3 is 3.00 bits per heavy atom. The second kappa shape index (κ2) is 5.41. The summed E-state index contributed by atoms with van der Waals surface area (Å²) in [6.07, 6.45) is 5.43. The van der Waals surface area contributed by atoms with Crippen LogP contribution in [-0.2, 0) is 11.2 Å². The van der Waals surface area contributed by atoms with Crippen LogP contribution in [0.5, 0.6) is 0 Å². The number of rotatable bonds is 3. The van der Waals surface area contributed by atoms with Crippen molar-refractivity contribution in [1.82, 2.24) is 0 Å². The van der Waals surface area contributed by atoms with Crippen molar-refractivity contribution in [3.63, 3.8) is 0 Å². The molecule has 0 amide bonds. The number of aryl methyl sites for hydroxylation is 1. The number of aliphatic hydroxyl groups excluding tert-OH is 1. The van der Waals surface area contributed by atoms with Crippen molar-refractivity contribution in [3.8, 4) is 0 Å². The van der Waals surface area contributed by atoms with E-state index in [0.717, 1.165) is 26.1 Å². The van der Waals surface area contributed by atoms with E-state index in [1.807, 2.05) is 0 Å². The zero-order chi connectivity index (χ0) is 12.4. The topological polar surface area (TPSA) is 29.5 Å². The first-order valence-electron chi connectivity index (χ1n) is 7.18. The van der Waals surface area contributed by atoms with Crippen LogP contribution in [0.2, 0.25) is 0 Å². The maximum atomic E-state index is 10.3. The van der Waals surface area contributed by atoms with Crippen LogP contribution in [0.25, 0.3) is 0 Å². The molecule has 1 aliphatic heterocycles. The Kier molecular flexibility index (Phi) is 3.67. The summed E-state index contributed by atoms with van der Waals surface area (Å²) in [6.45, 7) is 1.57. The summed E-state index contributed by atoms with van der Waals surface area (Å²) in [6, 6.07) is 8.74. The standard InChI is InChI=1S/C16H22O2/c17-16(14-8-9-18-11-14)10-13-6-3-5-12-4-1-2-7-15(12)13/h1-2,4,7,13-14,16-17H,3,5-6,8-11H2. The molecule has 3 unspecified atom stereocenters. The first kappa shape index (κ1) is 12.2. The molecule has 0 bridgehead atoms. The second-order valence-electron chi connectivity index (χ2n) is 5.71. The van der Waals surface area contributed by atoms with E-state index < -0.39 is 0 Å². The molecule has 3 atom stereocenters. The fourth-order valence-corrected chi connectivity index (χ4v) is 3.44. The van der Waals surface area contributed by atoms with Gasteiger partial charge >= 0.3 is 0 Å². The van der Waals surface area contributed by atoms with Gasteiger partial charge in [-0.1, -0.05) is 24.3 Å². The summed E-state index contributed by atoms with van der Waals surface area (Å²) in [5.74, 6) is 0.907. The third-order valence-corrected chi connectivity index (χ3v) is 4.53. The van der Waals surface area contributed by atoms with Gasteiger partial charge in [0.15, 0.2) is 0 Å². The first-order chi connectivity index (χ1) is 8.84. The zero-order valence-electron chi connectivity index (χ0n) is 10.8. The Hall–Kier alpha value is -0.860. The molecule has 1 saturated heterocycles. The van der Waals surface area contributed by atoms with Gasteiger partial charge in [0.1, 0.15) is 0 Å². The van der Waals surface area contributed by atoms with Gasteiger partial charge in [0, 0.05) is 12.5 Å². The fourth-order valence-electron chi connectivity index (χ4n) is 3.44. The maximum Gasteiger partial charge on any atom is 0.0597 e. The Morgan fingerprint density at radius 1 is 1.28 bits per heavy atom. The van der Waals surface area contributed by atoms with E-state index in [1.165, 1.54) is 30.4 Å². The molecular formula is C16H22O2. The largest absolute Gasteiger partial charge is 0.393 e. The number of hydrogen-bond acceptors (Lipinski definition) is 2. The number of aliphatic hydroxyl groups is 1. The molecule has 1 aromatic rings. The molecule has 3 rings (SSSR count). The number of fused-ring (bicyclic) bond motifs is 1. The second-order valence-corrected chi connectivity index (χ2v) is 5.71. The van der Waals surface area contributed by atoms with Crippen LogP contribution in [-0.4, -0.2) is 24.4 Å². The predicted molar refractivity (Wildman–Crippen MR) is 71.7 cm³/mol. The summed E-state index contributed by atoms with van der Waals surface area (Å²) in [5.41, 5.74) is 2.96. The third-order valence-electron chi connectivity index (χ3n) is 4.53. The van der Waals surface area contributed by atoms with E-state index in [4.69, 9.17) is 4.74 Å². The lowest BCUT2D eigenvalue weighted by molar-refractivity contribution is 0.0772. The van der Waals surface area contributed by atoms with Gasteiger partial charge in [-0.05, 0) is 49.1 Å². The molecule has 0 saturated carbocycles. The molecule has 0 spiro atoms. The zero-order valence-corrected chi connectivity index (χ0v) is 10.8. The summed E-state index contributed by atoms with van der Waals surface area (Å²) in [4.78, 5) is 0. The monoisotopic (exact) mass is 246 g/mol. The molecule has 2 aliphatic rings. The average Bonchev–Trinajstić information content (AvgIpc) is 2.93. The molecule has 0 aromatic heterocycles. The van der Waals surface area contributed by atoms with E-state index in [-0.39, 0.29) is 6.10 Å². The highest BCUT2D eigenvalue weighted by Gasteiger charge is 2.28. The van der Waals surface area contributed by atoms with Crippen LogP contribution in [0.3, 0.4) is 0 Å². The van der Waals surface area contributed by atoms with E-state index in [2.05, 4.69) is 24.3 Å². The molecule has 2 nitrogen and oxygen atoms in total. The molecule has 1 heterocycles. The van der Waals surface area contributed by atoms with E-state index >= 15 is 0 Å². The normalized spacial score (nSPS) is 28.9. The van der Waals surface area contributed by atoms with Crippen LogP contribution in [0, 0.1) is 5.92 Å². The van der Waals surface area contributed by atoms with Crippen molar-refractivity contribution in [2.24, 2.45) is 5.92 Å². The van der Waals surface area contributed by atoms with Crippen LogP contribution >= 0.6 is 0 Å². The van der Waals surface area contributed by atoms with Gasteiger partial charge in [0.2, 0.25) is 0 Å². The highest BCUT2D eigenvalue weighted by Crippen LogP contribution is 2.36. The van der Waals surface area contributed by atoms with Crippen molar-refractivity contribution in [3.05, 3.63) is 35.4 Å². The molecule has 1 aliphatic carbocycles. The Morgan fingerprint density at radius 2 is 2.17 bits per heavy atom. The van der Waals surface area contributed by atoms with Crippen molar-refractivity contribution in [2.75, 3.05) is 13.2 Å². The molecule has 1 fully saturated rings. The van der Waals surface area contributed by atoms with Crippen molar-refractivity contribution < 1.29 is 9.84 Å². The Bertz CT molecular complexity index is 396. The molecule has 1 N–H and O–H groups in total. The number of ether oxygens (including phenoxy) is 1. The van der Waals surface area contributed by atoms with Gasteiger partial charge in [-0.25, -0.2) is 0 Å². The van der Waals surface area contributed by atoms with Gasteiger partial charge in [-0.3, -0.25) is 0 Å². The molecule has 0 radical (unpaired) electrons. The molecule has 1 aromatic carbocycles. The lowest BCUT2D eigenvalue weighted by Gasteiger charge is -2.28. The van der Waals surface area contributed by atoms with Crippen molar-refractivity contribution >= 4 is 0 Å². The lowest BCUT2D eigenvalue weighted by Crippen LogP contribution is -2.24. The predicted octanol–water partition coefficient (Wildman–Crippen LogP) is 2.89. The maximum absolute atomic E-state index is 10.3. The molecule has 18 heavy (non-hydrogen) atoms. The summed E-state index contributed by atoms with van der Waals surface area (Å²) >= 11 is 0. The van der Waals surface area contributed by atoms with Gasteiger partial charge in [-0.15, -0.1) is 0 Å². The third kappa shape index (κ3) is 2.45. The minimum absolute atomic E-state index is 0.191. The molecular weight excluding hydrogens is 224 g/mol. The highest BCUT2D eigenvalue weighted by molar-refractivity contribution is 5.32. The number of benzene rings is 1. The van der Waals surface area contributed by atoms with Crippen LogP contribution in [0.15, 0.2) is 24.3 Å². The number of hydrogen-bond donors (Lipinski definition) is 1. The van der Waals surface area contributed by atoms with E-state index in [0.29, 0.717) is 11.8 Å². The Balaban J connectivity index is 1.70. The Labute approximate surface area is 109 Å². The van der Waals surface area contributed by atoms with E-state index in [1.54, 1.807) is 0 Å². The summed E-state index contributed by atoms with van der Waals surface area (Å²) in [7, 11) is 0.